The molecule has 1 amide bonds. The van der Waals surface area contributed by atoms with E-state index in [9.17, 15) is 4.79 Å². The Balaban J connectivity index is 1.57. The van der Waals surface area contributed by atoms with E-state index < -0.39 is 0 Å². The molecular formula is C19H15N5O. The normalized spacial score (nSPS) is 14.1. The van der Waals surface area contributed by atoms with Crippen LogP contribution in [0, 0.1) is 5.92 Å². The van der Waals surface area contributed by atoms with Gasteiger partial charge in [0, 0.05) is 23.1 Å². The average Bonchev–Trinajstić information content (AvgIpc) is 3.44. The van der Waals surface area contributed by atoms with Gasteiger partial charge in [-0.15, -0.1) is 0 Å². The minimum absolute atomic E-state index is 0.0213. The molecule has 1 saturated carbocycles. The zero-order chi connectivity index (χ0) is 16.8. The molecular weight excluding hydrogens is 314 g/mol. The number of hydrogen-bond acceptors (Lipinski definition) is 4. The minimum Gasteiger partial charge on any atom is -0.307 e. The van der Waals surface area contributed by atoms with Crippen LogP contribution in [-0.4, -0.2) is 26.1 Å². The van der Waals surface area contributed by atoms with E-state index in [1.54, 1.807) is 0 Å². The number of fused-ring (bicyclic) bond motifs is 2. The van der Waals surface area contributed by atoms with Crippen molar-refractivity contribution in [2.45, 2.75) is 12.8 Å². The Morgan fingerprint density at radius 3 is 2.92 bits per heavy atom. The van der Waals surface area contributed by atoms with Crippen molar-refractivity contribution < 1.29 is 4.79 Å². The molecule has 1 fully saturated rings. The summed E-state index contributed by atoms with van der Waals surface area (Å²) in [5.41, 5.74) is 4.15. The van der Waals surface area contributed by atoms with Gasteiger partial charge >= 0.3 is 0 Å². The smallest absolute Gasteiger partial charge is 0.228 e. The predicted molar refractivity (Wildman–Crippen MR) is 96.0 cm³/mol. The van der Waals surface area contributed by atoms with E-state index in [2.05, 4.69) is 26.6 Å². The first-order valence-corrected chi connectivity index (χ1v) is 8.29. The zero-order valence-corrected chi connectivity index (χ0v) is 13.4. The largest absolute Gasteiger partial charge is 0.307 e. The maximum Gasteiger partial charge on any atom is 0.228 e. The van der Waals surface area contributed by atoms with E-state index in [-0.39, 0.29) is 11.8 Å². The van der Waals surface area contributed by atoms with Crippen LogP contribution in [0.2, 0.25) is 0 Å². The Bertz CT molecular complexity index is 1110. The number of para-hydroxylation sites is 1. The van der Waals surface area contributed by atoms with Gasteiger partial charge in [0.2, 0.25) is 5.91 Å². The van der Waals surface area contributed by atoms with Gasteiger partial charge in [0.1, 0.15) is 5.52 Å². The number of carbonyl (C=O) groups excluding carboxylic acids is 1. The summed E-state index contributed by atoms with van der Waals surface area (Å²) in [6.45, 7) is 0. The lowest BCUT2D eigenvalue weighted by Crippen LogP contribution is -2.13. The molecule has 0 spiro atoms. The minimum atomic E-state index is 0.0213. The van der Waals surface area contributed by atoms with Crippen molar-refractivity contribution in [2.75, 3.05) is 5.32 Å². The van der Waals surface area contributed by atoms with Crippen LogP contribution in [0.4, 0.5) is 5.82 Å². The lowest BCUT2D eigenvalue weighted by molar-refractivity contribution is -0.117. The van der Waals surface area contributed by atoms with Gasteiger partial charge in [-0.1, -0.05) is 18.2 Å². The Hall–Kier alpha value is -3.28. The van der Waals surface area contributed by atoms with Crippen LogP contribution >= 0.6 is 0 Å². The molecule has 1 aromatic carbocycles. The number of rotatable bonds is 3. The van der Waals surface area contributed by atoms with E-state index in [0.717, 1.165) is 40.5 Å². The molecule has 25 heavy (non-hydrogen) atoms. The second kappa shape index (κ2) is 5.37. The Labute approximate surface area is 143 Å². The van der Waals surface area contributed by atoms with Gasteiger partial charge in [-0.2, -0.15) is 5.10 Å². The summed E-state index contributed by atoms with van der Waals surface area (Å²) < 4.78 is 0. The Kier molecular flexibility index (Phi) is 3.03. The van der Waals surface area contributed by atoms with Crippen LogP contribution in [0.1, 0.15) is 12.8 Å². The Morgan fingerprint density at radius 1 is 1.16 bits per heavy atom. The van der Waals surface area contributed by atoms with Gasteiger partial charge in [0.05, 0.1) is 16.7 Å². The maximum atomic E-state index is 12.0. The number of aromatic amines is 1. The number of benzene rings is 1. The first-order chi connectivity index (χ1) is 12.3. The summed E-state index contributed by atoms with van der Waals surface area (Å²) in [4.78, 5) is 21.2. The second-order valence-corrected chi connectivity index (χ2v) is 6.35. The SMILES string of the molecule is O=C(Nc1n[nH]c2ccc(-c3cnc4ccccc4c3)nc12)C1CC1. The molecule has 0 aliphatic heterocycles. The molecule has 6 nitrogen and oxygen atoms in total. The highest BCUT2D eigenvalue weighted by Gasteiger charge is 2.30. The third kappa shape index (κ3) is 2.52. The number of nitrogens with one attached hydrogen (secondary N) is 2. The molecule has 5 rings (SSSR count). The summed E-state index contributed by atoms with van der Waals surface area (Å²) in [7, 11) is 0. The highest BCUT2D eigenvalue weighted by molar-refractivity contribution is 6.00. The summed E-state index contributed by atoms with van der Waals surface area (Å²) >= 11 is 0. The van der Waals surface area contributed by atoms with E-state index in [4.69, 9.17) is 4.98 Å². The fourth-order valence-electron chi connectivity index (χ4n) is 2.92. The second-order valence-electron chi connectivity index (χ2n) is 6.35. The summed E-state index contributed by atoms with van der Waals surface area (Å²) in [5, 5.41) is 11.1. The zero-order valence-electron chi connectivity index (χ0n) is 13.4. The molecule has 2 N–H and O–H groups in total. The van der Waals surface area contributed by atoms with Crippen LogP contribution in [0.25, 0.3) is 33.2 Å². The van der Waals surface area contributed by atoms with Crippen LogP contribution in [0.5, 0.6) is 0 Å². The maximum absolute atomic E-state index is 12.0. The third-order valence-electron chi connectivity index (χ3n) is 4.48. The molecule has 1 aliphatic rings. The lowest BCUT2D eigenvalue weighted by atomic mass is 10.1. The third-order valence-corrected chi connectivity index (χ3v) is 4.48. The summed E-state index contributed by atoms with van der Waals surface area (Å²) in [5.74, 6) is 0.634. The molecule has 3 heterocycles. The number of H-pyrrole nitrogens is 1. The van der Waals surface area contributed by atoms with Crippen molar-refractivity contribution in [3.05, 3.63) is 48.7 Å². The molecule has 0 radical (unpaired) electrons. The highest BCUT2D eigenvalue weighted by Crippen LogP contribution is 2.31. The number of hydrogen-bond donors (Lipinski definition) is 2. The van der Waals surface area contributed by atoms with E-state index in [0.29, 0.717) is 11.3 Å². The van der Waals surface area contributed by atoms with Gasteiger partial charge in [0.15, 0.2) is 5.82 Å². The molecule has 0 saturated heterocycles. The van der Waals surface area contributed by atoms with E-state index in [1.807, 2.05) is 42.6 Å². The van der Waals surface area contributed by atoms with Crippen LogP contribution in [0.15, 0.2) is 48.7 Å². The van der Waals surface area contributed by atoms with Crippen LogP contribution < -0.4 is 5.32 Å². The van der Waals surface area contributed by atoms with Crippen molar-refractivity contribution >= 4 is 33.7 Å². The number of aromatic nitrogens is 4. The van der Waals surface area contributed by atoms with Crippen LogP contribution in [-0.2, 0) is 4.79 Å². The molecule has 6 heteroatoms. The molecule has 122 valence electrons. The quantitative estimate of drug-likeness (QED) is 0.602. The van der Waals surface area contributed by atoms with Crippen molar-refractivity contribution in [2.24, 2.45) is 5.92 Å². The summed E-state index contributed by atoms with van der Waals surface area (Å²) in [6, 6.07) is 13.9. The standard InChI is InChI=1S/C19H15N5O/c25-19(11-5-6-11)22-18-17-16(23-24-18)8-7-15(21-17)13-9-12-3-1-2-4-14(12)20-10-13/h1-4,7-11H,5-6H2,(H2,22,23,24,25). The number of pyridine rings is 2. The van der Waals surface area contributed by atoms with Gasteiger partial charge in [0.25, 0.3) is 0 Å². The monoisotopic (exact) mass is 329 g/mol. The first-order valence-electron chi connectivity index (χ1n) is 8.29. The van der Waals surface area contributed by atoms with Crippen LogP contribution in [0.3, 0.4) is 0 Å². The van der Waals surface area contributed by atoms with Crippen molar-refractivity contribution in [3.63, 3.8) is 0 Å². The van der Waals surface area contributed by atoms with Crippen molar-refractivity contribution in [1.82, 2.24) is 20.2 Å². The molecule has 0 atom stereocenters. The van der Waals surface area contributed by atoms with Crippen molar-refractivity contribution in [1.29, 1.82) is 0 Å². The number of amides is 1. The fourth-order valence-corrected chi connectivity index (χ4v) is 2.92. The number of anilines is 1. The number of nitrogens with zero attached hydrogens (tertiary/aromatic N) is 3. The average molecular weight is 329 g/mol. The Morgan fingerprint density at radius 2 is 2.04 bits per heavy atom. The molecule has 1 aliphatic carbocycles. The van der Waals surface area contributed by atoms with Gasteiger partial charge in [-0.05, 0) is 37.1 Å². The van der Waals surface area contributed by atoms with Gasteiger partial charge < -0.3 is 5.32 Å². The summed E-state index contributed by atoms with van der Waals surface area (Å²) in [6.07, 6.45) is 3.73. The fraction of sp³-hybridized carbons (Fsp3) is 0.158. The van der Waals surface area contributed by atoms with Crippen molar-refractivity contribution in [3.8, 4) is 11.3 Å². The molecule has 3 aromatic heterocycles. The molecule has 0 unspecified atom stereocenters. The molecule has 0 bridgehead atoms. The lowest BCUT2D eigenvalue weighted by Gasteiger charge is -2.04. The van der Waals surface area contributed by atoms with E-state index >= 15 is 0 Å². The number of carbonyl (C=O) groups is 1. The van der Waals surface area contributed by atoms with Gasteiger partial charge in [-0.25, -0.2) is 4.98 Å². The first kappa shape index (κ1) is 14.1. The predicted octanol–water partition coefficient (Wildman–Crippen LogP) is 3.52. The highest BCUT2D eigenvalue weighted by atomic mass is 16.2. The molecule has 4 aromatic rings. The topological polar surface area (TPSA) is 83.6 Å². The van der Waals surface area contributed by atoms with E-state index in [1.165, 1.54) is 0 Å². The van der Waals surface area contributed by atoms with Gasteiger partial charge in [-0.3, -0.25) is 14.9 Å².